The maximum Gasteiger partial charge on any atom is 0.124 e. The number of nitrogens with zero attached hydrogens (tertiary/aromatic N) is 2. The zero-order chi connectivity index (χ0) is 13.7. The van der Waals surface area contributed by atoms with Gasteiger partial charge >= 0.3 is 0 Å². The number of halogens is 1. The molecule has 1 saturated heterocycles. The standard InChI is InChI=1S/C16H19ClN2O/c1-16(5-6-16)11-2-3-13-14(8-11)19(15(9-17)18-13)10-12-4-7-20-12/h2-3,8,12H,4-7,9-10H2,1H3/t12-/m0/s1. The van der Waals surface area contributed by atoms with Gasteiger partial charge in [0.15, 0.2) is 0 Å². The van der Waals surface area contributed by atoms with Crippen LogP contribution in [0.15, 0.2) is 18.2 Å². The topological polar surface area (TPSA) is 27.1 Å². The Morgan fingerprint density at radius 2 is 2.25 bits per heavy atom. The summed E-state index contributed by atoms with van der Waals surface area (Å²) in [6.07, 6.45) is 4.05. The van der Waals surface area contributed by atoms with Crippen LogP contribution in [-0.2, 0) is 22.6 Å². The molecule has 20 heavy (non-hydrogen) atoms. The van der Waals surface area contributed by atoms with E-state index >= 15 is 0 Å². The Bertz CT molecular complexity index is 656. The fourth-order valence-electron chi connectivity index (χ4n) is 2.96. The first-order valence-electron chi connectivity index (χ1n) is 7.37. The average molecular weight is 291 g/mol. The van der Waals surface area contributed by atoms with Crippen LogP contribution in [0.1, 0.15) is 37.6 Å². The summed E-state index contributed by atoms with van der Waals surface area (Å²) < 4.78 is 7.82. The van der Waals surface area contributed by atoms with E-state index in [1.54, 1.807) is 0 Å². The molecule has 1 atom stereocenters. The van der Waals surface area contributed by atoms with Gasteiger partial charge in [0.25, 0.3) is 0 Å². The number of hydrogen-bond acceptors (Lipinski definition) is 2. The molecule has 0 N–H and O–H groups in total. The molecule has 0 bridgehead atoms. The number of benzene rings is 1. The van der Waals surface area contributed by atoms with Gasteiger partial charge < -0.3 is 9.30 Å². The smallest absolute Gasteiger partial charge is 0.124 e. The van der Waals surface area contributed by atoms with E-state index in [2.05, 4.69) is 34.7 Å². The molecule has 1 aromatic carbocycles. The van der Waals surface area contributed by atoms with Crippen molar-refractivity contribution in [3.05, 3.63) is 29.6 Å². The molecule has 2 aromatic rings. The van der Waals surface area contributed by atoms with Gasteiger partial charge in [0.05, 0.1) is 29.6 Å². The Balaban J connectivity index is 1.80. The molecule has 4 rings (SSSR count). The molecule has 2 fully saturated rings. The van der Waals surface area contributed by atoms with Crippen molar-refractivity contribution in [1.82, 2.24) is 9.55 Å². The van der Waals surface area contributed by atoms with Gasteiger partial charge in [0.2, 0.25) is 0 Å². The molecule has 1 aliphatic heterocycles. The summed E-state index contributed by atoms with van der Waals surface area (Å²) in [6.45, 7) is 4.10. The molecule has 4 heteroatoms. The second kappa shape index (κ2) is 4.47. The van der Waals surface area contributed by atoms with Crippen LogP contribution in [-0.4, -0.2) is 22.3 Å². The predicted molar refractivity (Wildman–Crippen MR) is 80.2 cm³/mol. The summed E-state index contributed by atoms with van der Waals surface area (Å²) in [5.41, 5.74) is 4.08. The van der Waals surface area contributed by atoms with Gasteiger partial charge in [-0.2, -0.15) is 0 Å². The normalized spacial score (nSPS) is 23.8. The second-order valence-electron chi connectivity index (χ2n) is 6.32. The van der Waals surface area contributed by atoms with E-state index in [9.17, 15) is 0 Å². The molecule has 3 nitrogen and oxygen atoms in total. The number of ether oxygens (including phenoxy) is 1. The minimum Gasteiger partial charge on any atom is -0.376 e. The fraction of sp³-hybridized carbons (Fsp3) is 0.562. The van der Waals surface area contributed by atoms with Gasteiger partial charge in [0.1, 0.15) is 5.82 Å². The monoisotopic (exact) mass is 290 g/mol. The van der Waals surface area contributed by atoms with E-state index in [1.807, 2.05) is 0 Å². The van der Waals surface area contributed by atoms with E-state index in [-0.39, 0.29) is 0 Å². The summed E-state index contributed by atoms with van der Waals surface area (Å²) in [7, 11) is 0. The highest BCUT2D eigenvalue weighted by molar-refractivity contribution is 6.16. The molecular weight excluding hydrogens is 272 g/mol. The fourth-order valence-corrected chi connectivity index (χ4v) is 3.17. The number of alkyl halides is 1. The number of fused-ring (bicyclic) bond motifs is 1. The third kappa shape index (κ3) is 1.95. The van der Waals surface area contributed by atoms with E-state index < -0.39 is 0 Å². The Labute approximate surface area is 123 Å². The van der Waals surface area contributed by atoms with Crippen molar-refractivity contribution in [3.8, 4) is 0 Å². The third-order valence-corrected chi connectivity index (χ3v) is 5.06. The van der Waals surface area contributed by atoms with Crippen LogP contribution < -0.4 is 0 Å². The summed E-state index contributed by atoms with van der Waals surface area (Å²) in [6, 6.07) is 6.68. The van der Waals surface area contributed by atoms with Gasteiger partial charge in [0, 0.05) is 6.61 Å². The van der Waals surface area contributed by atoms with Crippen LogP contribution in [0.4, 0.5) is 0 Å². The molecule has 0 radical (unpaired) electrons. The van der Waals surface area contributed by atoms with E-state index in [0.29, 0.717) is 17.4 Å². The van der Waals surface area contributed by atoms with Gasteiger partial charge in [-0.05, 0) is 42.4 Å². The van der Waals surface area contributed by atoms with Gasteiger partial charge in [-0.25, -0.2) is 4.98 Å². The summed E-state index contributed by atoms with van der Waals surface area (Å²) >= 11 is 6.07. The Hall–Kier alpha value is -1.06. The lowest BCUT2D eigenvalue weighted by molar-refractivity contribution is -0.0589. The van der Waals surface area contributed by atoms with Crippen LogP contribution in [0.5, 0.6) is 0 Å². The maximum atomic E-state index is 6.07. The van der Waals surface area contributed by atoms with E-state index in [4.69, 9.17) is 16.3 Å². The van der Waals surface area contributed by atoms with E-state index in [0.717, 1.165) is 30.9 Å². The van der Waals surface area contributed by atoms with Crippen molar-refractivity contribution in [2.45, 2.75) is 50.1 Å². The van der Waals surface area contributed by atoms with Gasteiger partial charge in [-0.3, -0.25) is 0 Å². The van der Waals surface area contributed by atoms with Crippen molar-refractivity contribution in [2.24, 2.45) is 0 Å². The lowest BCUT2D eigenvalue weighted by atomic mass is 9.98. The molecule has 1 aliphatic carbocycles. The first kappa shape index (κ1) is 12.7. The van der Waals surface area contributed by atoms with E-state index in [1.165, 1.54) is 23.9 Å². The molecule has 0 amide bonds. The quantitative estimate of drug-likeness (QED) is 0.804. The molecular formula is C16H19ClN2O. The number of hydrogen-bond donors (Lipinski definition) is 0. The van der Waals surface area contributed by atoms with Crippen LogP contribution in [0.2, 0.25) is 0 Å². The van der Waals surface area contributed by atoms with Crippen LogP contribution in [0.25, 0.3) is 11.0 Å². The van der Waals surface area contributed by atoms with Crippen molar-refractivity contribution < 1.29 is 4.74 Å². The molecule has 1 saturated carbocycles. The molecule has 0 spiro atoms. The van der Waals surface area contributed by atoms with Crippen molar-refractivity contribution in [2.75, 3.05) is 6.61 Å². The van der Waals surface area contributed by atoms with Crippen LogP contribution in [0.3, 0.4) is 0 Å². The lowest BCUT2D eigenvalue weighted by Gasteiger charge is -2.27. The molecule has 1 aromatic heterocycles. The zero-order valence-electron chi connectivity index (χ0n) is 11.7. The van der Waals surface area contributed by atoms with Crippen LogP contribution >= 0.6 is 11.6 Å². The number of imidazole rings is 1. The lowest BCUT2D eigenvalue weighted by Crippen LogP contribution is -2.31. The number of aromatic nitrogens is 2. The zero-order valence-corrected chi connectivity index (χ0v) is 12.5. The predicted octanol–water partition coefficient (Wildman–Crippen LogP) is 3.62. The summed E-state index contributed by atoms with van der Waals surface area (Å²) in [5.74, 6) is 1.41. The Morgan fingerprint density at radius 1 is 1.45 bits per heavy atom. The highest BCUT2D eigenvalue weighted by Crippen LogP contribution is 2.48. The first-order valence-corrected chi connectivity index (χ1v) is 7.90. The van der Waals surface area contributed by atoms with Gasteiger partial charge in [-0.1, -0.05) is 13.0 Å². The molecule has 0 unspecified atom stereocenters. The minimum atomic E-state index is 0.328. The number of rotatable bonds is 4. The summed E-state index contributed by atoms with van der Waals surface area (Å²) in [5, 5.41) is 0. The molecule has 2 aliphatic rings. The maximum absolute atomic E-state index is 6.07. The Morgan fingerprint density at radius 3 is 2.85 bits per heavy atom. The van der Waals surface area contributed by atoms with Gasteiger partial charge in [-0.15, -0.1) is 11.6 Å². The molecule has 2 heterocycles. The Kier molecular flexibility index (Phi) is 2.83. The highest BCUT2D eigenvalue weighted by Gasteiger charge is 2.39. The molecule has 106 valence electrons. The SMILES string of the molecule is CC1(c2ccc3nc(CCl)n(C[C@@H]4CCO4)c3c2)CC1. The average Bonchev–Trinajstić information content (AvgIpc) is 3.06. The minimum absolute atomic E-state index is 0.328. The highest BCUT2D eigenvalue weighted by atomic mass is 35.5. The van der Waals surface area contributed by atoms with Crippen LogP contribution in [0, 0.1) is 0 Å². The third-order valence-electron chi connectivity index (χ3n) is 4.82. The van der Waals surface area contributed by atoms with Crippen molar-refractivity contribution in [3.63, 3.8) is 0 Å². The largest absolute Gasteiger partial charge is 0.376 e. The first-order chi connectivity index (χ1) is 9.69. The van der Waals surface area contributed by atoms with Crippen molar-refractivity contribution >= 4 is 22.6 Å². The summed E-state index contributed by atoms with van der Waals surface area (Å²) in [4.78, 5) is 4.66. The van der Waals surface area contributed by atoms with Crippen molar-refractivity contribution in [1.29, 1.82) is 0 Å². The second-order valence-corrected chi connectivity index (χ2v) is 6.59.